The Balaban J connectivity index is 2.27. The number of halogens is 3. The molecule has 0 spiro atoms. The topological polar surface area (TPSA) is 20.3 Å². The Morgan fingerprint density at radius 2 is 1.58 bits per heavy atom. The molecule has 0 atom stereocenters. The van der Waals surface area contributed by atoms with Crippen LogP contribution in [0.5, 0.6) is 0 Å². The van der Waals surface area contributed by atoms with Gasteiger partial charge in [-0.1, -0.05) is 48.2 Å². The van der Waals surface area contributed by atoms with Crippen LogP contribution < -0.4 is 4.90 Å². The fourth-order valence-electron chi connectivity index (χ4n) is 2.75. The summed E-state index contributed by atoms with van der Waals surface area (Å²) in [5, 5.41) is 1.43. The molecule has 26 heavy (non-hydrogen) atoms. The normalized spacial score (nSPS) is 11.6. The molecule has 0 unspecified atom stereocenters. The summed E-state index contributed by atoms with van der Waals surface area (Å²) in [4.78, 5) is 15.0. The molecular formula is C20H16F3NOS. The van der Waals surface area contributed by atoms with Crippen molar-refractivity contribution in [2.75, 3.05) is 19.0 Å². The number of rotatable bonds is 4. The minimum atomic E-state index is -4.92. The van der Waals surface area contributed by atoms with Crippen LogP contribution in [0.4, 0.5) is 18.9 Å². The minimum absolute atomic E-state index is 0.319. The Labute approximate surface area is 153 Å². The summed E-state index contributed by atoms with van der Waals surface area (Å²) in [6.07, 6.45) is -4.92. The fraction of sp³-hybridized carbons (Fsp3) is 0.150. The number of nitrogens with zero attached hydrogens (tertiary/aromatic N) is 1. The monoisotopic (exact) mass is 375 g/mol. The van der Waals surface area contributed by atoms with Gasteiger partial charge in [0.1, 0.15) is 0 Å². The molecule has 0 aliphatic carbocycles. The Hall–Kier alpha value is -2.47. The van der Waals surface area contributed by atoms with E-state index in [1.165, 1.54) is 17.8 Å². The Bertz CT molecular complexity index is 952. The van der Waals surface area contributed by atoms with Gasteiger partial charge in [0.15, 0.2) is 0 Å². The highest BCUT2D eigenvalue weighted by Gasteiger charge is 2.40. The van der Waals surface area contributed by atoms with Gasteiger partial charge in [-0.25, -0.2) is 0 Å². The van der Waals surface area contributed by atoms with Crippen molar-refractivity contribution in [1.29, 1.82) is 0 Å². The Morgan fingerprint density at radius 3 is 2.19 bits per heavy atom. The molecule has 0 heterocycles. The Morgan fingerprint density at radius 1 is 0.885 bits per heavy atom. The minimum Gasteiger partial charge on any atom is -0.377 e. The number of ketones is 1. The van der Waals surface area contributed by atoms with Crippen LogP contribution in [0.25, 0.3) is 10.8 Å². The zero-order chi connectivity index (χ0) is 18.9. The summed E-state index contributed by atoms with van der Waals surface area (Å²) in [6, 6.07) is 17.4. The maximum Gasteiger partial charge on any atom is 0.454 e. The van der Waals surface area contributed by atoms with Gasteiger partial charge in [0.25, 0.3) is 5.78 Å². The lowest BCUT2D eigenvalue weighted by Gasteiger charge is -2.19. The molecule has 2 nitrogen and oxygen atoms in total. The van der Waals surface area contributed by atoms with E-state index in [0.717, 1.165) is 16.0 Å². The predicted molar refractivity (Wildman–Crippen MR) is 99.2 cm³/mol. The summed E-state index contributed by atoms with van der Waals surface area (Å²) in [6.45, 7) is 0. The van der Waals surface area contributed by atoms with Crippen molar-refractivity contribution in [2.24, 2.45) is 0 Å². The van der Waals surface area contributed by atoms with Gasteiger partial charge in [0, 0.05) is 40.5 Å². The number of hydrogen-bond donors (Lipinski definition) is 0. The van der Waals surface area contributed by atoms with Gasteiger partial charge in [-0.2, -0.15) is 13.2 Å². The van der Waals surface area contributed by atoms with E-state index in [4.69, 9.17) is 0 Å². The first-order valence-corrected chi connectivity index (χ1v) is 8.68. The zero-order valence-corrected chi connectivity index (χ0v) is 15.0. The molecule has 0 aliphatic heterocycles. The van der Waals surface area contributed by atoms with Crippen LogP contribution in [0.1, 0.15) is 10.4 Å². The highest BCUT2D eigenvalue weighted by Crippen LogP contribution is 2.40. The second-order valence-electron chi connectivity index (χ2n) is 5.95. The van der Waals surface area contributed by atoms with E-state index < -0.39 is 12.0 Å². The van der Waals surface area contributed by atoms with Crippen molar-refractivity contribution in [3.8, 4) is 0 Å². The molecule has 6 heteroatoms. The first-order chi connectivity index (χ1) is 12.3. The van der Waals surface area contributed by atoms with Crippen molar-refractivity contribution in [1.82, 2.24) is 0 Å². The lowest BCUT2D eigenvalue weighted by Crippen LogP contribution is -2.23. The van der Waals surface area contributed by atoms with Gasteiger partial charge in [-0.15, -0.1) is 0 Å². The number of benzene rings is 3. The molecule has 3 aromatic carbocycles. The van der Waals surface area contributed by atoms with Crippen LogP contribution in [0.15, 0.2) is 70.5 Å². The number of carbonyl (C=O) groups is 1. The van der Waals surface area contributed by atoms with Gasteiger partial charge >= 0.3 is 6.18 Å². The number of anilines is 1. The third-order valence-electron chi connectivity index (χ3n) is 3.94. The smallest absolute Gasteiger partial charge is 0.377 e. The third-order valence-corrected chi connectivity index (χ3v) is 5.09. The lowest BCUT2D eigenvalue weighted by molar-refractivity contribution is -0.0886. The van der Waals surface area contributed by atoms with E-state index in [-0.39, 0.29) is 5.56 Å². The molecule has 0 bridgehead atoms. The summed E-state index contributed by atoms with van der Waals surface area (Å²) in [7, 11) is 3.74. The van der Waals surface area contributed by atoms with E-state index in [1.54, 1.807) is 30.3 Å². The van der Waals surface area contributed by atoms with E-state index >= 15 is 0 Å². The van der Waals surface area contributed by atoms with Crippen LogP contribution in [0.3, 0.4) is 0 Å². The van der Waals surface area contributed by atoms with Crippen LogP contribution in [0, 0.1) is 0 Å². The van der Waals surface area contributed by atoms with Gasteiger partial charge in [-0.3, -0.25) is 4.79 Å². The van der Waals surface area contributed by atoms with Gasteiger partial charge in [0.05, 0.1) is 0 Å². The summed E-state index contributed by atoms with van der Waals surface area (Å²) in [5.41, 5.74) is 0.554. The molecule has 0 N–H and O–H groups in total. The number of fused-ring (bicyclic) bond motifs is 1. The number of hydrogen-bond acceptors (Lipinski definition) is 3. The van der Waals surface area contributed by atoms with Crippen molar-refractivity contribution in [3.63, 3.8) is 0 Å². The molecule has 3 aromatic rings. The van der Waals surface area contributed by atoms with Crippen LogP contribution in [0.2, 0.25) is 0 Å². The van der Waals surface area contributed by atoms with Crippen molar-refractivity contribution < 1.29 is 18.0 Å². The van der Waals surface area contributed by atoms with Crippen molar-refractivity contribution >= 4 is 34.0 Å². The molecule has 0 radical (unpaired) electrons. The first kappa shape index (κ1) is 18.3. The van der Waals surface area contributed by atoms with Gasteiger partial charge in [-0.05, 0) is 29.7 Å². The molecule has 134 valence electrons. The van der Waals surface area contributed by atoms with Crippen molar-refractivity contribution in [2.45, 2.75) is 16.0 Å². The van der Waals surface area contributed by atoms with Gasteiger partial charge < -0.3 is 4.90 Å². The molecular weight excluding hydrogens is 359 g/mol. The highest BCUT2D eigenvalue weighted by atomic mass is 32.2. The van der Waals surface area contributed by atoms with E-state index in [1.807, 2.05) is 43.3 Å². The summed E-state index contributed by atoms with van der Waals surface area (Å²) in [5.74, 6) is -1.83. The second kappa shape index (κ2) is 7.03. The average Bonchev–Trinajstić information content (AvgIpc) is 2.61. The maximum absolute atomic E-state index is 13.1. The third kappa shape index (κ3) is 3.55. The lowest BCUT2D eigenvalue weighted by atomic mass is 10.0. The number of carbonyl (C=O) groups excluding carboxylic acids is 1. The molecule has 0 aromatic heterocycles. The Kier molecular flexibility index (Phi) is 4.96. The fourth-order valence-corrected chi connectivity index (χ4v) is 3.84. The molecule has 0 fully saturated rings. The highest BCUT2D eigenvalue weighted by molar-refractivity contribution is 7.99. The number of Topliss-reactive ketones (excluding diaryl/α,β-unsaturated/α-hetero) is 1. The zero-order valence-electron chi connectivity index (χ0n) is 14.2. The molecule has 0 aliphatic rings. The maximum atomic E-state index is 13.1. The van der Waals surface area contributed by atoms with E-state index in [2.05, 4.69) is 0 Å². The SMILES string of the molecule is CN(C)c1cccc2c(Sc3ccccc3)c(C(=O)C(F)(F)F)ccc12. The van der Waals surface area contributed by atoms with Crippen LogP contribution in [-0.2, 0) is 0 Å². The van der Waals surface area contributed by atoms with E-state index in [9.17, 15) is 18.0 Å². The molecule has 0 amide bonds. The molecule has 0 saturated heterocycles. The van der Waals surface area contributed by atoms with Crippen molar-refractivity contribution in [3.05, 3.63) is 66.2 Å². The predicted octanol–water partition coefficient (Wildman–Crippen LogP) is 5.80. The quantitative estimate of drug-likeness (QED) is 0.538. The van der Waals surface area contributed by atoms with Gasteiger partial charge in [0.2, 0.25) is 0 Å². The number of alkyl halides is 3. The molecule has 0 saturated carbocycles. The largest absolute Gasteiger partial charge is 0.454 e. The summed E-state index contributed by atoms with van der Waals surface area (Å²) >= 11 is 1.17. The van der Waals surface area contributed by atoms with Crippen LogP contribution >= 0.6 is 11.8 Å². The van der Waals surface area contributed by atoms with Crippen LogP contribution in [-0.4, -0.2) is 26.1 Å². The first-order valence-electron chi connectivity index (χ1n) is 7.86. The average molecular weight is 375 g/mol. The summed E-state index contributed by atoms with van der Waals surface area (Å²) < 4.78 is 39.3. The van der Waals surface area contributed by atoms with E-state index in [0.29, 0.717) is 10.3 Å². The molecule has 3 rings (SSSR count). The standard InChI is InChI=1S/C20H16F3NOS/c1-24(2)17-10-6-9-15-14(17)11-12-16(19(25)20(21,22)23)18(15)26-13-7-4-3-5-8-13/h3-12H,1-2H3. The second-order valence-corrected chi connectivity index (χ2v) is 7.03.